The molecule has 1 aromatic heterocycles. The number of aryl methyl sites for hydroxylation is 2. The minimum absolute atomic E-state index is 0.341. The van der Waals surface area contributed by atoms with Gasteiger partial charge < -0.3 is 14.4 Å². The summed E-state index contributed by atoms with van der Waals surface area (Å²) >= 11 is 1.65. The van der Waals surface area contributed by atoms with Crippen molar-refractivity contribution in [3.63, 3.8) is 0 Å². The normalized spacial score (nSPS) is 19.0. The summed E-state index contributed by atoms with van der Waals surface area (Å²) in [5.41, 5.74) is 3.51. The third kappa shape index (κ3) is 3.43. The summed E-state index contributed by atoms with van der Waals surface area (Å²) in [6.45, 7) is 7.39. The molecule has 0 saturated carbocycles. The number of ether oxygens (including phenoxy) is 2. The van der Waals surface area contributed by atoms with Crippen LogP contribution in [0.1, 0.15) is 21.6 Å². The second-order valence-corrected chi connectivity index (χ2v) is 7.50. The second-order valence-electron chi connectivity index (χ2n) is 6.41. The molecule has 0 radical (unpaired) electrons. The van der Waals surface area contributed by atoms with Crippen molar-refractivity contribution in [1.29, 1.82) is 0 Å². The first kappa shape index (κ1) is 17.0. The summed E-state index contributed by atoms with van der Waals surface area (Å²) in [4.78, 5) is 19.9. The third-order valence-electron chi connectivity index (χ3n) is 4.59. The van der Waals surface area contributed by atoms with E-state index in [0.717, 1.165) is 42.3 Å². The van der Waals surface area contributed by atoms with Crippen molar-refractivity contribution in [2.45, 2.75) is 13.8 Å². The molecule has 0 amide bonds. The molecule has 2 aliphatic rings. The number of morpholine rings is 1. The molecule has 1 saturated heterocycles. The molecule has 1 aromatic carbocycles. The highest BCUT2D eigenvalue weighted by Crippen LogP contribution is 2.29. The van der Waals surface area contributed by atoms with E-state index in [1.165, 1.54) is 10.6 Å². The van der Waals surface area contributed by atoms with Crippen LogP contribution < -0.4 is 4.90 Å². The molecule has 0 N–H and O–H groups in total. The average molecular weight is 368 g/mol. The van der Waals surface area contributed by atoms with Gasteiger partial charge in [-0.2, -0.15) is 0 Å². The molecule has 0 unspecified atom stereocenters. The number of rotatable bonds is 3. The Morgan fingerprint density at radius 1 is 1.12 bits per heavy atom. The summed E-state index contributed by atoms with van der Waals surface area (Å²) in [6, 6.07) is 10.0. The van der Waals surface area contributed by atoms with E-state index >= 15 is 0 Å². The van der Waals surface area contributed by atoms with Crippen LogP contribution >= 0.6 is 11.3 Å². The van der Waals surface area contributed by atoms with Gasteiger partial charge in [0.2, 0.25) is 5.90 Å². The lowest BCUT2D eigenvalue weighted by Crippen LogP contribution is -2.35. The van der Waals surface area contributed by atoms with Crippen LogP contribution in [0.2, 0.25) is 0 Å². The number of hydrogen-bond donors (Lipinski definition) is 0. The number of aliphatic imine (C=N–C) groups is 1. The predicted octanol–water partition coefficient (Wildman–Crippen LogP) is 3.55. The molecule has 0 atom stereocenters. The second kappa shape index (κ2) is 7.05. The van der Waals surface area contributed by atoms with Crippen molar-refractivity contribution in [3.8, 4) is 0 Å². The fourth-order valence-electron chi connectivity index (χ4n) is 2.92. The zero-order chi connectivity index (χ0) is 18.1. The Bertz CT molecular complexity index is 908. The SMILES string of the molecule is Cc1ccc(C2=N/C(=C\c3ccc(N4CCOCC4)s3)C(=O)O2)cc1C. The summed E-state index contributed by atoms with van der Waals surface area (Å²) < 4.78 is 10.8. The molecule has 134 valence electrons. The van der Waals surface area contributed by atoms with Crippen molar-refractivity contribution in [2.24, 2.45) is 4.99 Å². The van der Waals surface area contributed by atoms with E-state index in [9.17, 15) is 4.79 Å². The zero-order valence-corrected chi connectivity index (χ0v) is 15.6. The van der Waals surface area contributed by atoms with Gasteiger partial charge in [-0.15, -0.1) is 11.3 Å². The number of nitrogens with zero attached hydrogens (tertiary/aromatic N) is 2. The number of carbonyl (C=O) groups is 1. The van der Waals surface area contributed by atoms with E-state index in [0.29, 0.717) is 11.6 Å². The van der Waals surface area contributed by atoms with E-state index < -0.39 is 5.97 Å². The van der Waals surface area contributed by atoms with Crippen LogP contribution in [-0.4, -0.2) is 38.2 Å². The van der Waals surface area contributed by atoms with Gasteiger partial charge in [0, 0.05) is 23.5 Å². The maximum absolute atomic E-state index is 12.2. The van der Waals surface area contributed by atoms with Gasteiger partial charge in [0.25, 0.3) is 0 Å². The predicted molar refractivity (Wildman–Crippen MR) is 104 cm³/mol. The summed E-state index contributed by atoms with van der Waals surface area (Å²) in [7, 11) is 0. The molecule has 3 heterocycles. The summed E-state index contributed by atoms with van der Waals surface area (Å²) in [6.07, 6.45) is 1.80. The summed E-state index contributed by atoms with van der Waals surface area (Å²) in [5.74, 6) is -0.0335. The Hall–Kier alpha value is -2.44. The van der Waals surface area contributed by atoms with E-state index in [1.54, 1.807) is 17.4 Å². The largest absolute Gasteiger partial charge is 0.402 e. The van der Waals surface area contributed by atoms with E-state index in [4.69, 9.17) is 9.47 Å². The monoisotopic (exact) mass is 368 g/mol. The number of carbonyl (C=O) groups excluding carboxylic acids is 1. The van der Waals surface area contributed by atoms with Gasteiger partial charge in [0.15, 0.2) is 5.70 Å². The van der Waals surface area contributed by atoms with Crippen LogP contribution in [-0.2, 0) is 14.3 Å². The van der Waals surface area contributed by atoms with E-state index in [-0.39, 0.29) is 0 Å². The number of thiophene rings is 1. The molecular formula is C20H20N2O3S. The number of cyclic esters (lactones) is 1. The maximum Gasteiger partial charge on any atom is 0.363 e. The Kier molecular flexibility index (Phi) is 4.61. The average Bonchev–Trinajstić information content (AvgIpc) is 3.26. The standard InChI is InChI=1S/C20H20N2O3S/c1-13-3-4-15(11-14(13)2)19-21-17(20(23)25-19)12-16-5-6-18(26-16)22-7-9-24-10-8-22/h3-6,11-12H,7-10H2,1-2H3/b17-12-. The number of hydrogen-bond acceptors (Lipinski definition) is 6. The van der Waals surface area contributed by atoms with Crippen LogP contribution in [0.25, 0.3) is 6.08 Å². The van der Waals surface area contributed by atoms with Gasteiger partial charge in [-0.1, -0.05) is 6.07 Å². The highest BCUT2D eigenvalue weighted by Gasteiger charge is 2.24. The van der Waals surface area contributed by atoms with Crippen LogP contribution in [0.15, 0.2) is 41.0 Å². The Labute approximate surface area is 156 Å². The molecule has 6 heteroatoms. The molecule has 4 rings (SSSR count). The van der Waals surface area contributed by atoms with Gasteiger partial charge in [-0.25, -0.2) is 9.79 Å². The van der Waals surface area contributed by atoms with Gasteiger partial charge in [0.05, 0.1) is 18.2 Å². The minimum atomic E-state index is -0.403. The highest BCUT2D eigenvalue weighted by molar-refractivity contribution is 7.16. The van der Waals surface area contributed by atoms with Gasteiger partial charge >= 0.3 is 5.97 Å². The van der Waals surface area contributed by atoms with Crippen LogP contribution in [0.4, 0.5) is 5.00 Å². The van der Waals surface area contributed by atoms with Gasteiger partial charge in [-0.3, -0.25) is 0 Å². The highest BCUT2D eigenvalue weighted by atomic mass is 32.1. The Morgan fingerprint density at radius 2 is 1.92 bits per heavy atom. The number of esters is 1. The lowest BCUT2D eigenvalue weighted by molar-refractivity contribution is -0.129. The van der Waals surface area contributed by atoms with Crippen LogP contribution in [0, 0.1) is 13.8 Å². The van der Waals surface area contributed by atoms with Crippen LogP contribution in [0.3, 0.4) is 0 Å². The topological polar surface area (TPSA) is 51.1 Å². The van der Waals surface area contributed by atoms with E-state index in [2.05, 4.69) is 22.9 Å². The van der Waals surface area contributed by atoms with Crippen molar-refractivity contribution in [1.82, 2.24) is 0 Å². The lowest BCUT2D eigenvalue weighted by atomic mass is 10.1. The van der Waals surface area contributed by atoms with Crippen molar-refractivity contribution >= 4 is 34.3 Å². The summed E-state index contributed by atoms with van der Waals surface area (Å²) in [5, 5.41) is 1.19. The van der Waals surface area contributed by atoms with Crippen molar-refractivity contribution in [3.05, 3.63) is 57.6 Å². The number of anilines is 1. The van der Waals surface area contributed by atoms with Crippen molar-refractivity contribution in [2.75, 3.05) is 31.2 Å². The molecule has 26 heavy (non-hydrogen) atoms. The third-order valence-corrected chi connectivity index (χ3v) is 5.68. The first-order valence-electron chi connectivity index (χ1n) is 8.63. The zero-order valence-electron chi connectivity index (χ0n) is 14.8. The molecule has 1 fully saturated rings. The fourth-order valence-corrected chi connectivity index (χ4v) is 3.91. The molecule has 2 aromatic rings. The molecule has 2 aliphatic heterocycles. The molecule has 0 bridgehead atoms. The molecule has 0 spiro atoms. The first-order valence-corrected chi connectivity index (χ1v) is 9.44. The fraction of sp³-hybridized carbons (Fsp3) is 0.300. The van der Waals surface area contributed by atoms with Gasteiger partial charge in [-0.05, 0) is 55.3 Å². The van der Waals surface area contributed by atoms with Gasteiger partial charge in [0.1, 0.15) is 0 Å². The number of benzene rings is 1. The Morgan fingerprint density at radius 3 is 2.69 bits per heavy atom. The smallest absolute Gasteiger partial charge is 0.363 e. The molecule has 5 nitrogen and oxygen atoms in total. The van der Waals surface area contributed by atoms with E-state index in [1.807, 2.05) is 31.2 Å². The quantitative estimate of drug-likeness (QED) is 0.614. The lowest BCUT2D eigenvalue weighted by Gasteiger charge is -2.27. The maximum atomic E-state index is 12.2. The van der Waals surface area contributed by atoms with Crippen LogP contribution in [0.5, 0.6) is 0 Å². The first-order chi connectivity index (χ1) is 12.6. The van der Waals surface area contributed by atoms with Crippen molar-refractivity contribution < 1.29 is 14.3 Å². The minimum Gasteiger partial charge on any atom is -0.402 e. The Balaban J connectivity index is 1.57. The molecular weight excluding hydrogens is 348 g/mol. The molecule has 0 aliphatic carbocycles.